The molecule has 0 amide bonds. The molecule has 0 bridgehead atoms. The van der Waals surface area contributed by atoms with Crippen molar-refractivity contribution >= 4 is 28.8 Å². The van der Waals surface area contributed by atoms with Crippen LogP contribution in [0, 0.1) is 0 Å². The van der Waals surface area contributed by atoms with Gasteiger partial charge >= 0.3 is 0 Å². The van der Waals surface area contributed by atoms with E-state index in [1.165, 1.54) is 4.88 Å². The van der Waals surface area contributed by atoms with Gasteiger partial charge in [-0.15, -0.1) is 11.3 Å². The Morgan fingerprint density at radius 2 is 2.29 bits per heavy atom. The number of amidine groups is 1. The molecule has 2 rings (SSSR count). The molecule has 0 saturated carbocycles. The van der Waals surface area contributed by atoms with Gasteiger partial charge in [0.1, 0.15) is 0 Å². The van der Waals surface area contributed by atoms with Gasteiger partial charge in [-0.05, 0) is 36.4 Å². The van der Waals surface area contributed by atoms with Gasteiger partial charge in [-0.1, -0.05) is 35.0 Å². The van der Waals surface area contributed by atoms with Gasteiger partial charge < -0.3 is 16.3 Å². The number of halogens is 1. The Balaban J connectivity index is 1.94. The Labute approximate surface area is 133 Å². The number of hydrogen-bond acceptors (Lipinski definition) is 4. The van der Waals surface area contributed by atoms with Crippen molar-refractivity contribution in [2.24, 2.45) is 10.9 Å². The summed E-state index contributed by atoms with van der Waals surface area (Å²) in [5, 5.41) is 17.8. The van der Waals surface area contributed by atoms with Crippen molar-refractivity contribution in [2.75, 3.05) is 0 Å². The van der Waals surface area contributed by atoms with Gasteiger partial charge in [0.05, 0.1) is 0 Å². The molecule has 1 aromatic heterocycles. The topological polar surface area (TPSA) is 70.6 Å². The molecule has 0 radical (unpaired) electrons. The molecule has 0 aliphatic rings. The first-order valence-corrected chi connectivity index (χ1v) is 7.88. The SMILES string of the molecule is CC(Cc1cccs1)NCc1ccc(/C(N)=N/O)cc1Cl. The van der Waals surface area contributed by atoms with Gasteiger partial charge in [-0.2, -0.15) is 0 Å². The second kappa shape index (κ2) is 7.45. The number of hydrogen-bond donors (Lipinski definition) is 3. The fourth-order valence-corrected chi connectivity index (χ4v) is 3.08. The van der Waals surface area contributed by atoms with Crippen LogP contribution in [0.15, 0.2) is 40.9 Å². The molecule has 1 atom stereocenters. The van der Waals surface area contributed by atoms with Gasteiger partial charge in [0.25, 0.3) is 0 Å². The minimum atomic E-state index is 0.0578. The first-order valence-electron chi connectivity index (χ1n) is 6.62. The first-order chi connectivity index (χ1) is 10.1. The lowest BCUT2D eigenvalue weighted by Gasteiger charge is -2.14. The first kappa shape index (κ1) is 15.8. The monoisotopic (exact) mass is 323 g/mol. The summed E-state index contributed by atoms with van der Waals surface area (Å²) in [6.07, 6.45) is 0.998. The highest BCUT2D eigenvalue weighted by molar-refractivity contribution is 7.09. The lowest BCUT2D eigenvalue weighted by Crippen LogP contribution is -2.27. The molecular weight excluding hydrogens is 306 g/mol. The highest BCUT2D eigenvalue weighted by atomic mass is 35.5. The van der Waals surface area contributed by atoms with Gasteiger partial charge in [0, 0.05) is 28.0 Å². The summed E-state index contributed by atoms with van der Waals surface area (Å²) in [7, 11) is 0. The van der Waals surface area contributed by atoms with Crippen LogP contribution in [-0.4, -0.2) is 17.1 Å². The van der Waals surface area contributed by atoms with Gasteiger partial charge in [-0.3, -0.25) is 0 Å². The van der Waals surface area contributed by atoms with Crippen LogP contribution < -0.4 is 11.1 Å². The Kier molecular flexibility index (Phi) is 5.61. The molecule has 0 spiro atoms. The zero-order valence-corrected chi connectivity index (χ0v) is 13.3. The van der Waals surface area contributed by atoms with E-state index in [1.807, 2.05) is 6.07 Å². The Bertz CT molecular complexity index is 613. The number of rotatable bonds is 6. The quantitative estimate of drug-likeness (QED) is 0.331. The van der Waals surface area contributed by atoms with E-state index in [9.17, 15) is 0 Å². The van der Waals surface area contributed by atoms with Crippen molar-refractivity contribution in [3.05, 3.63) is 56.7 Å². The third-order valence-electron chi connectivity index (χ3n) is 3.19. The maximum atomic E-state index is 8.66. The molecule has 2 aromatic rings. The molecular formula is C15H18ClN3OS. The second-order valence-electron chi connectivity index (χ2n) is 4.86. The third kappa shape index (κ3) is 4.46. The molecule has 6 heteroatoms. The smallest absolute Gasteiger partial charge is 0.170 e. The number of nitrogens with zero attached hydrogens (tertiary/aromatic N) is 1. The van der Waals surface area contributed by atoms with E-state index in [2.05, 4.69) is 34.9 Å². The summed E-state index contributed by atoms with van der Waals surface area (Å²) in [4.78, 5) is 1.36. The lowest BCUT2D eigenvalue weighted by molar-refractivity contribution is 0.318. The molecule has 1 heterocycles. The van der Waals surface area contributed by atoms with Crippen molar-refractivity contribution in [3.8, 4) is 0 Å². The highest BCUT2D eigenvalue weighted by Gasteiger charge is 2.08. The minimum absolute atomic E-state index is 0.0578. The number of benzene rings is 1. The van der Waals surface area contributed by atoms with Crippen LogP contribution in [-0.2, 0) is 13.0 Å². The van der Waals surface area contributed by atoms with Crippen molar-refractivity contribution in [1.82, 2.24) is 5.32 Å². The summed E-state index contributed by atoms with van der Waals surface area (Å²) in [6.45, 7) is 2.83. The normalized spacial score (nSPS) is 13.3. The Morgan fingerprint density at radius 1 is 1.48 bits per heavy atom. The Morgan fingerprint density at radius 3 is 2.90 bits per heavy atom. The largest absolute Gasteiger partial charge is 0.409 e. The van der Waals surface area contributed by atoms with Crippen LogP contribution in [0.3, 0.4) is 0 Å². The molecule has 1 aromatic carbocycles. The summed E-state index contributed by atoms with van der Waals surface area (Å²) >= 11 is 7.99. The van der Waals surface area contributed by atoms with Crippen LogP contribution >= 0.6 is 22.9 Å². The number of nitrogens with one attached hydrogen (secondary N) is 1. The van der Waals surface area contributed by atoms with Gasteiger partial charge in [-0.25, -0.2) is 0 Å². The summed E-state index contributed by atoms with van der Waals surface area (Å²) in [5.74, 6) is 0.0578. The summed E-state index contributed by atoms with van der Waals surface area (Å²) in [6, 6.07) is 9.96. The summed E-state index contributed by atoms with van der Waals surface area (Å²) in [5.41, 5.74) is 7.14. The van der Waals surface area contributed by atoms with E-state index in [0.29, 0.717) is 23.2 Å². The van der Waals surface area contributed by atoms with Crippen molar-refractivity contribution in [1.29, 1.82) is 0 Å². The van der Waals surface area contributed by atoms with Crippen LogP contribution in [0.1, 0.15) is 22.9 Å². The van der Waals surface area contributed by atoms with Crippen molar-refractivity contribution in [3.63, 3.8) is 0 Å². The number of nitrogens with two attached hydrogens (primary N) is 1. The van der Waals surface area contributed by atoms with Crippen molar-refractivity contribution in [2.45, 2.75) is 25.9 Å². The Hall–Kier alpha value is -1.56. The molecule has 4 nitrogen and oxygen atoms in total. The molecule has 0 fully saturated rings. The fraction of sp³-hybridized carbons (Fsp3) is 0.267. The molecule has 4 N–H and O–H groups in total. The molecule has 21 heavy (non-hydrogen) atoms. The third-order valence-corrected chi connectivity index (χ3v) is 4.44. The molecule has 112 valence electrons. The van der Waals surface area contributed by atoms with Crippen LogP contribution in [0.25, 0.3) is 0 Å². The van der Waals surface area contributed by atoms with Gasteiger partial charge in [0.2, 0.25) is 0 Å². The average molecular weight is 324 g/mol. The molecule has 0 aliphatic heterocycles. The predicted molar refractivity (Wildman–Crippen MR) is 88.3 cm³/mol. The average Bonchev–Trinajstić information content (AvgIpc) is 2.98. The molecule has 0 aliphatic carbocycles. The highest BCUT2D eigenvalue weighted by Crippen LogP contribution is 2.18. The number of thiophene rings is 1. The van der Waals surface area contributed by atoms with E-state index in [1.54, 1.807) is 23.5 Å². The van der Waals surface area contributed by atoms with E-state index in [0.717, 1.165) is 12.0 Å². The molecule has 1 unspecified atom stereocenters. The predicted octanol–water partition coefficient (Wildman–Crippen LogP) is 3.22. The van der Waals surface area contributed by atoms with E-state index >= 15 is 0 Å². The zero-order chi connectivity index (χ0) is 15.2. The number of oxime groups is 1. The maximum Gasteiger partial charge on any atom is 0.170 e. The van der Waals surface area contributed by atoms with E-state index in [-0.39, 0.29) is 5.84 Å². The molecule has 0 saturated heterocycles. The van der Waals surface area contributed by atoms with Crippen molar-refractivity contribution < 1.29 is 5.21 Å². The van der Waals surface area contributed by atoms with E-state index < -0.39 is 0 Å². The zero-order valence-electron chi connectivity index (χ0n) is 11.7. The maximum absolute atomic E-state index is 8.66. The lowest BCUT2D eigenvalue weighted by atomic mass is 10.1. The second-order valence-corrected chi connectivity index (χ2v) is 6.30. The standard InChI is InChI=1S/C15H18ClN3OS/c1-10(7-13-3-2-6-21-13)18-9-12-5-4-11(8-14(12)16)15(17)19-20/h2-6,8,10,18,20H,7,9H2,1H3,(H2,17,19). The van der Waals surface area contributed by atoms with E-state index in [4.69, 9.17) is 22.5 Å². The minimum Gasteiger partial charge on any atom is -0.409 e. The summed E-state index contributed by atoms with van der Waals surface area (Å²) < 4.78 is 0. The van der Waals surface area contributed by atoms with Gasteiger partial charge in [0.15, 0.2) is 5.84 Å². The van der Waals surface area contributed by atoms with Crippen LogP contribution in [0.2, 0.25) is 5.02 Å². The van der Waals surface area contributed by atoms with Crippen LogP contribution in [0.4, 0.5) is 0 Å². The van der Waals surface area contributed by atoms with Crippen LogP contribution in [0.5, 0.6) is 0 Å². The fourth-order valence-electron chi connectivity index (χ4n) is 1.99.